The summed E-state index contributed by atoms with van der Waals surface area (Å²) in [5.41, 5.74) is 5.88. The molecule has 0 radical (unpaired) electrons. The van der Waals surface area contributed by atoms with Gasteiger partial charge in [-0.1, -0.05) is 13.0 Å². The molecule has 5 heteroatoms. The number of hydrogen-bond donors (Lipinski definition) is 2. The number of methoxy groups -OCH3 is 1. The Balaban J connectivity index is 2.97. The average molecular weight is 239 g/mol. The van der Waals surface area contributed by atoms with Gasteiger partial charge >= 0.3 is 0 Å². The monoisotopic (exact) mass is 239 g/mol. The van der Waals surface area contributed by atoms with Crippen molar-refractivity contribution in [1.82, 2.24) is 0 Å². The number of amides is 1. The minimum absolute atomic E-state index is 0.103. The van der Waals surface area contributed by atoms with E-state index in [0.717, 1.165) is 0 Å². The molecule has 0 bridgehead atoms. The Morgan fingerprint density at radius 2 is 2.18 bits per heavy atom. The van der Waals surface area contributed by atoms with E-state index in [1.165, 1.54) is 7.11 Å². The highest BCUT2D eigenvalue weighted by molar-refractivity contribution is 5.79. The molecule has 1 atom stereocenters. The number of carbonyl (C=O) groups excluding carboxylic acids is 1. The number of benzene rings is 1. The number of carbonyl (C=O) groups is 1. The van der Waals surface area contributed by atoms with Gasteiger partial charge in [-0.3, -0.25) is 4.79 Å². The van der Waals surface area contributed by atoms with E-state index in [0.29, 0.717) is 23.5 Å². The number of ether oxygens (including phenoxy) is 2. The summed E-state index contributed by atoms with van der Waals surface area (Å²) in [4.78, 5) is 11.1. The third-order valence-corrected chi connectivity index (χ3v) is 2.37. The number of hydrogen-bond acceptors (Lipinski definition) is 4. The van der Waals surface area contributed by atoms with E-state index < -0.39 is 12.0 Å². The Morgan fingerprint density at radius 3 is 2.65 bits per heavy atom. The Kier molecular flexibility index (Phi) is 4.78. The smallest absolute Gasteiger partial charge is 0.258 e. The molecular weight excluding hydrogens is 222 g/mol. The van der Waals surface area contributed by atoms with Crippen LogP contribution in [0, 0.1) is 0 Å². The van der Waals surface area contributed by atoms with Gasteiger partial charge in [-0.15, -0.1) is 0 Å². The van der Waals surface area contributed by atoms with Crippen LogP contribution in [0.4, 0.5) is 0 Å². The third-order valence-electron chi connectivity index (χ3n) is 2.37. The fourth-order valence-electron chi connectivity index (χ4n) is 1.41. The van der Waals surface area contributed by atoms with Gasteiger partial charge in [0.05, 0.1) is 13.7 Å². The van der Waals surface area contributed by atoms with E-state index in [2.05, 4.69) is 0 Å². The number of aliphatic hydroxyl groups is 1. The highest BCUT2D eigenvalue weighted by atomic mass is 16.5. The zero-order valence-corrected chi connectivity index (χ0v) is 9.97. The Labute approximate surface area is 100 Å². The predicted octanol–water partition coefficient (Wildman–Crippen LogP) is 0.830. The number of aliphatic hydroxyl groups excluding tert-OH is 1. The molecule has 3 N–H and O–H groups in total. The lowest BCUT2D eigenvalue weighted by atomic mass is 10.2. The molecule has 0 aliphatic rings. The molecule has 1 amide bonds. The van der Waals surface area contributed by atoms with Crippen LogP contribution in [0.15, 0.2) is 18.2 Å². The molecule has 0 aliphatic carbocycles. The lowest BCUT2D eigenvalue weighted by Crippen LogP contribution is -2.33. The molecule has 0 spiro atoms. The molecule has 0 aliphatic heterocycles. The summed E-state index contributed by atoms with van der Waals surface area (Å²) in [6.07, 6.45) is -0.222. The summed E-state index contributed by atoms with van der Waals surface area (Å²) in [5.74, 6) is 0.385. The fourth-order valence-corrected chi connectivity index (χ4v) is 1.41. The number of primary amides is 1. The Hall–Kier alpha value is -1.75. The van der Waals surface area contributed by atoms with E-state index in [4.69, 9.17) is 20.3 Å². The normalized spacial score (nSPS) is 11.9. The summed E-state index contributed by atoms with van der Waals surface area (Å²) < 4.78 is 10.6. The SMILES string of the molecule is CCC(Oc1cc(CO)ccc1OC)C(N)=O. The van der Waals surface area contributed by atoms with Gasteiger partial charge in [-0.2, -0.15) is 0 Å². The molecular formula is C12H17NO4. The molecule has 1 aromatic carbocycles. The van der Waals surface area contributed by atoms with Crippen molar-refractivity contribution in [2.24, 2.45) is 5.73 Å². The Morgan fingerprint density at radius 1 is 1.47 bits per heavy atom. The van der Waals surface area contributed by atoms with E-state index in [1.807, 2.05) is 0 Å². The van der Waals surface area contributed by atoms with Crippen molar-refractivity contribution in [3.63, 3.8) is 0 Å². The van der Waals surface area contributed by atoms with Gasteiger partial charge in [0.2, 0.25) is 0 Å². The van der Waals surface area contributed by atoms with Crippen molar-refractivity contribution in [2.45, 2.75) is 26.1 Å². The highest BCUT2D eigenvalue weighted by Crippen LogP contribution is 2.29. The first-order valence-corrected chi connectivity index (χ1v) is 5.36. The number of nitrogens with two attached hydrogens (primary N) is 1. The highest BCUT2D eigenvalue weighted by Gasteiger charge is 2.17. The maximum absolute atomic E-state index is 11.1. The first kappa shape index (κ1) is 13.3. The third kappa shape index (κ3) is 3.35. The van der Waals surface area contributed by atoms with Crippen molar-refractivity contribution in [2.75, 3.05) is 7.11 Å². The molecule has 1 unspecified atom stereocenters. The molecule has 0 saturated heterocycles. The molecule has 5 nitrogen and oxygen atoms in total. The summed E-state index contributed by atoms with van der Waals surface area (Å²) in [5, 5.41) is 9.04. The van der Waals surface area contributed by atoms with Crippen LogP contribution in [-0.2, 0) is 11.4 Å². The molecule has 0 fully saturated rings. The first-order chi connectivity index (χ1) is 8.12. The molecule has 0 heterocycles. The van der Waals surface area contributed by atoms with Crippen LogP contribution in [-0.4, -0.2) is 24.2 Å². The second-order valence-electron chi connectivity index (χ2n) is 3.56. The number of rotatable bonds is 6. The lowest BCUT2D eigenvalue weighted by Gasteiger charge is -2.17. The minimum atomic E-state index is -0.696. The average Bonchev–Trinajstić information content (AvgIpc) is 2.35. The fraction of sp³-hybridized carbons (Fsp3) is 0.417. The largest absolute Gasteiger partial charge is 0.493 e. The van der Waals surface area contributed by atoms with Gasteiger partial charge in [0, 0.05) is 0 Å². The molecule has 0 aromatic heterocycles. The van der Waals surface area contributed by atoms with Gasteiger partial charge < -0.3 is 20.3 Å². The van der Waals surface area contributed by atoms with Gasteiger partial charge in [-0.25, -0.2) is 0 Å². The van der Waals surface area contributed by atoms with Crippen LogP contribution in [0.2, 0.25) is 0 Å². The second kappa shape index (κ2) is 6.10. The van der Waals surface area contributed by atoms with Crippen molar-refractivity contribution in [3.05, 3.63) is 23.8 Å². The van der Waals surface area contributed by atoms with E-state index in [1.54, 1.807) is 25.1 Å². The first-order valence-electron chi connectivity index (χ1n) is 5.36. The van der Waals surface area contributed by atoms with Crippen molar-refractivity contribution in [1.29, 1.82) is 0 Å². The van der Waals surface area contributed by atoms with E-state index >= 15 is 0 Å². The van der Waals surface area contributed by atoms with E-state index in [9.17, 15) is 4.79 Å². The maximum atomic E-state index is 11.1. The van der Waals surface area contributed by atoms with Gasteiger partial charge in [0.25, 0.3) is 5.91 Å². The van der Waals surface area contributed by atoms with E-state index in [-0.39, 0.29) is 6.61 Å². The van der Waals surface area contributed by atoms with Crippen LogP contribution >= 0.6 is 0 Å². The summed E-state index contributed by atoms with van der Waals surface area (Å²) in [6.45, 7) is 1.70. The summed E-state index contributed by atoms with van der Waals surface area (Å²) in [6, 6.07) is 5.02. The zero-order valence-electron chi connectivity index (χ0n) is 9.97. The van der Waals surface area contributed by atoms with Crippen molar-refractivity contribution in [3.8, 4) is 11.5 Å². The Bertz CT molecular complexity index is 392. The summed E-state index contributed by atoms with van der Waals surface area (Å²) in [7, 11) is 1.51. The quantitative estimate of drug-likeness (QED) is 0.770. The predicted molar refractivity (Wildman–Crippen MR) is 62.8 cm³/mol. The molecule has 0 saturated carbocycles. The van der Waals surface area contributed by atoms with Crippen LogP contribution in [0.3, 0.4) is 0 Å². The van der Waals surface area contributed by atoms with Crippen LogP contribution < -0.4 is 15.2 Å². The topological polar surface area (TPSA) is 81.8 Å². The lowest BCUT2D eigenvalue weighted by molar-refractivity contribution is -0.124. The molecule has 17 heavy (non-hydrogen) atoms. The van der Waals surface area contributed by atoms with Crippen molar-refractivity contribution >= 4 is 5.91 Å². The van der Waals surface area contributed by atoms with Gasteiger partial charge in [0.1, 0.15) is 0 Å². The molecule has 94 valence electrons. The maximum Gasteiger partial charge on any atom is 0.258 e. The molecule has 1 rings (SSSR count). The zero-order chi connectivity index (χ0) is 12.8. The van der Waals surface area contributed by atoms with Crippen LogP contribution in [0.5, 0.6) is 11.5 Å². The molecule has 1 aromatic rings. The van der Waals surface area contributed by atoms with Crippen molar-refractivity contribution < 1.29 is 19.4 Å². The van der Waals surface area contributed by atoms with Crippen LogP contribution in [0.25, 0.3) is 0 Å². The van der Waals surface area contributed by atoms with Crippen LogP contribution in [0.1, 0.15) is 18.9 Å². The minimum Gasteiger partial charge on any atom is -0.493 e. The van der Waals surface area contributed by atoms with Gasteiger partial charge in [0.15, 0.2) is 17.6 Å². The summed E-state index contributed by atoms with van der Waals surface area (Å²) >= 11 is 0. The second-order valence-corrected chi connectivity index (χ2v) is 3.56. The van der Waals surface area contributed by atoms with Gasteiger partial charge in [-0.05, 0) is 24.1 Å². The standard InChI is InChI=1S/C12H17NO4/c1-3-9(12(13)15)17-11-6-8(7-14)4-5-10(11)16-2/h4-6,9,14H,3,7H2,1-2H3,(H2,13,15).